The fourth-order valence-electron chi connectivity index (χ4n) is 7.60. The number of rotatable bonds is 25. The Labute approximate surface area is 297 Å². The number of benzene rings is 2. The summed E-state index contributed by atoms with van der Waals surface area (Å²) in [6.45, 7) is 18.5. The van der Waals surface area contributed by atoms with Crippen molar-refractivity contribution in [2.45, 2.75) is 197 Å². The molecule has 266 valence electrons. The van der Waals surface area contributed by atoms with Crippen LogP contribution in [0, 0.1) is 0 Å². The molecular weight excluding hydrogens is 581 g/mol. The molecule has 0 aromatic heterocycles. The Kier molecular flexibility index (Phi) is 21.2. The molecule has 0 aliphatic heterocycles. The second kappa shape index (κ2) is 24.5. The van der Waals surface area contributed by atoms with Gasteiger partial charge in [-0.15, -0.1) is 4.79 Å². The molecular formula is C46H72N2. The van der Waals surface area contributed by atoms with Crippen LogP contribution in [-0.4, -0.2) is 10.7 Å². The molecule has 0 N–H and O–H groups in total. The van der Waals surface area contributed by atoms with E-state index in [1.165, 1.54) is 116 Å². The van der Waals surface area contributed by atoms with E-state index in [1.54, 1.807) is 16.7 Å². The molecule has 0 aliphatic carbocycles. The molecule has 0 bridgehead atoms. The molecule has 0 aliphatic rings. The predicted molar refractivity (Wildman–Crippen MR) is 213 cm³/mol. The second-order valence-corrected chi connectivity index (χ2v) is 14.1. The lowest BCUT2D eigenvalue weighted by Crippen LogP contribution is -2.08. The van der Waals surface area contributed by atoms with Crippen molar-refractivity contribution in [1.29, 1.82) is 0 Å². The molecule has 2 aromatic carbocycles. The van der Waals surface area contributed by atoms with Crippen LogP contribution in [0.1, 0.15) is 203 Å². The lowest BCUT2D eigenvalue weighted by atomic mass is 9.80. The van der Waals surface area contributed by atoms with Crippen molar-refractivity contribution in [3.8, 4) is 0 Å². The number of allylic oxidation sites excluding steroid dienone is 2. The topological polar surface area (TPSA) is 36.4 Å². The zero-order valence-electron chi connectivity index (χ0n) is 32.8. The minimum atomic E-state index is 0.899. The summed E-state index contributed by atoms with van der Waals surface area (Å²) in [4.78, 5) is 3.58. The molecule has 2 aromatic rings. The summed E-state index contributed by atoms with van der Waals surface area (Å²) in [6.07, 6.45) is 25.6. The van der Waals surface area contributed by atoms with Gasteiger partial charge in [0.25, 0.3) is 0 Å². The highest BCUT2D eigenvalue weighted by molar-refractivity contribution is 5.88. The molecule has 0 radical (unpaired) electrons. The van der Waals surface area contributed by atoms with Gasteiger partial charge in [-0.25, -0.2) is 0 Å². The maximum absolute atomic E-state index is 9.96. The van der Waals surface area contributed by atoms with Gasteiger partial charge in [0, 0.05) is 0 Å². The molecule has 0 atom stereocenters. The van der Waals surface area contributed by atoms with Gasteiger partial charge in [0.05, 0.1) is 5.57 Å². The van der Waals surface area contributed by atoms with Gasteiger partial charge in [0.2, 0.25) is 0 Å². The highest BCUT2D eigenvalue weighted by atomic mass is 14.8. The third-order valence-corrected chi connectivity index (χ3v) is 10.4. The molecule has 0 fully saturated rings. The summed E-state index contributed by atoms with van der Waals surface area (Å²) < 4.78 is 0. The Balaban J connectivity index is 3.14. The van der Waals surface area contributed by atoms with E-state index < -0.39 is 0 Å². The summed E-state index contributed by atoms with van der Waals surface area (Å²) in [7, 11) is 0. The molecule has 48 heavy (non-hydrogen) atoms. The quantitative estimate of drug-likeness (QED) is 0.0336. The number of unbranched alkanes of at least 4 members (excludes halogenated alkanes) is 9. The molecule has 2 rings (SSSR count). The summed E-state index contributed by atoms with van der Waals surface area (Å²) in [5, 5.41) is 0. The Morgan fingerprint density at radius 3 is 1.40 bits per heavy atom. The van der Waals surface area contributed by atoms with Crippen LogP contribution in [0.4, 0.5) is 0 Å². The molecule has 0 saturated carbocycles. The molecule has 0 heterocycles. The SMILES string of the molecule is CCCCCC(=C=[N+]=[N-])C(CCCC)=C(c1cc(CC)c(CC)c(CC)c1)c1cc(CCCCC)c(CCCCC)c(CCCCC)c1. The van der Waals surface area contributed by atoms with E-state index in [1.807, 2.05) is 0 Å². The fourth-order valence-corrected chi connectivity index (χ4v) is 7.60. The largest absolute Gasteiger partial charge is 0.348 e. The van der Waals surface area contributed by atoms with Crippen LogP contribution < -0.4 is 0 Å². The Hall–Kier alpha value is -2.66. The number of hydrogen-bond acceptors (Lipinski definition) is 0. The summed E-state index contributed by atoms with van der Waals surface area (Å²) in [5.74, 6) is 3.15. The van der Waals surface area contributed by atoms with E-state index in [2.05, 4.69) is 90.3 Å². The Morgan fingerprint density at radius 1 is 0.500 bits per heavy atom. The minimum absolute atomic E-state index is 0.899. The van der Waals surface area contributed by atoms with E-state index in [-0.39, 0.29) is 0 Å². The van der Waals surface area contributed by atoms with Crippen LogP contribution in [0.3, 0.4) is 0 Å². The van der Waals surface area contributed by atoms with E-state index in [0.29, 0.717) is 0 Å². The van der Waals surface area contributed by atoms with Crippen LogP contribution in [-0.2, 0) is 38.5 Å². The van der Waals surface area contributed by atoms with Crippen molar-refractivity contribution in [2.75, 3.05) is 0 Å². The van der Waals surface area contributed by atoms with Gasteiger partial charge in [-0.1, -0.05) is 137 Å². The van der Waals surface area contributed by atoms with Crippen LogP contribution in [0.25, 0.3) is 11.1 Å². The minimum Gasteiger partial charge on any atom is -0.348 e. The molecule has 0 spiro atoms. The third-order valence-electron chi connectivity index (χ3n) is 10.4. The van der Waals surface area contributed by atoms with Crippen molar-refractivity contribution in [2.24, 2.45) is 0 Å². The molecule has 0 unspecified atom stereocenters. The van der Waals surface area contributed by atoms with Crippen molar-refractivity contribution < 1.29 is 4.79 Å². The van der Waals surface area contributed by atoms with Gasteiger partial charge in [-0.05, 0) is 139 Å². The van der Waals surface area contributed by atoms with E-state index >= 15 is 0 Å². The second-order valence-electron chi connectivity index (χ2n) is 14.1. The third kappa shape index (κ3) is 12.7. The lowest BCUT2D eigenvalue weighted by molar-refractivity contribution is 0.00739. The first-order chi connectivity index (χ1) is 23.5. The maximum atomic E-state index is 9.96. The lowest BCUT2D eigenvalue weighted by Gasteiger charge is -2.24. The van der Waals surface area contributed by atoms with Crippen molar-refractivity contribution in [3.63, 3.8) is 0 Å². The average Bonchev–Trinajstić information content (AvgIpc) is 3.10. The highest BCUT2D eigenvalue weighted by Gasteiger charge is 2.22. The standard InChI is InChI=1S/C46H72N2/c1-9-17-22-26-38-33-42(34-39(27-23-18-10-2)44(38)30-25-20-12-4)46(41-31-36(14-6)43(16-8)37(15-7)32-41)45(29-21-13-5)40(35-48-47)28-24-19-11-3/h31-34H,9-30H2,1-8H3. The van der Waals surface area contributed by atoms with Gasteiger partial charge >= 0.3 is 5.87 Å². The van der Waals surface area contributed by atoms with E-state index in [9.17, 15) is 5.53 Å². The predicted octanol–water partition coefficient (Wildman–Crippen LogP) is 14.0. The van der Waals surface area contributed by atoms with Crippen molar-refractivity contribution >= 4 is 11.4 Å². The normalized spacial score (nSPS) is 11.8. The summed E-state index contributed by atoms with van der Waals surface area (Å²) >= 11 is 0. The van der Waals surface area contributed by atoms with Crippen LogP contribution in [0.15, 0.2) is 35.4 Å². The zero-order valence-corrected chi connectivity index (χ0v) is 32.8. The first-order valence-electron chi connectivity index (χ1n) is 20.5. The fraction of sp³-hybridized carbons (Fsp3) is 0.652. The Morgan fingerprint density at radius 2 is 0.958 bits per heavy atom. The monoisotopic (exact) mass is 653 g/mol. The molecule has 0 saturated heterocycles. The van der Waals surface area contributed by atoms with Crippen LogP contribution >= 0.6 is 0 Å². The molecule has 2 heteroatoms. The highest BCUT2D eigenvalue weighted by Crippen LogP contribution is 2.39. The van der Waals surface area contributed by atoms with Gasteiger partial charge < -0.3 is 5.53 Å². The van der Waals surface area contributed by atoms with Gasteiger partial charge in [-0.3, -0.25) is 0 Å². The first kappa shape index (κ1) is 41.5. The van der Waals surface area contributed by atoms with Crippen LogP contribution in [0.5, 0.6) is 0 Å². The smallest absolute Gasteiger partial charge is 0.303 e. The zero-order chi connectivity index (χ0) is 35.1. The van der Waals surface area contributed by atoms with Crippen LogP contribution in [0.2, 0.25) is 0 Å². The number of aryl methyl sites for hydroxylation is 4. The van der Waals surface area contributed by atoms with E-state index in [4.69, 9.17) is 0 Å². The maximum Gasteiger partial charge on any atom is 0.303 e. The van der Waals surface area contributed by atoms with E-state index in [0.717, 1.165) is 69.8 Å². The van der Waals surface area contributed by atoms with Gasteiger partial charge in [0.1, 0.15) is 0 Å². The van der Waals surface area contributed by atoms with Crippen molar-refractivity contribution in [3.05, 3.63) is 85.5 Å². The van der Waals surface area contributed by atoms with Gasteiger partial charge in [-0.2, -0.15) is 0 Å². The molecule has 2 nitrogen and oxygen atoms in total. The first-order valence-corrected chi connectivity index (χ1v) is 20.5. The summed E-state index contributed by atoms with van der Waals surface area (Å²) in [6, 6.07) is 10.2. The Bertz CT molecular complexity index is 1290. The average molecular weight is 653 g/mol. The number of nitrogens with zero attached hydrogens (tertiary/aromatic N) is 2. The van der Waals surface area contributed by atoms with Gasteiger partial charge in [0.15, 0.2) is 0 Å². The molecule has 0 amide bonds. The van der Waals surface area contributed by atoms with Crippen molar-refractivity contribution in [1.82, 2.24) is 0 Å². The number of hydrogen-bond donors (Lipinski definition) is 0. The summed E-state index contributed by atoms with van der Waals surface area (Å²) in [5.41, 5.74) is 25.8.